The number of aryl methyl sites for hydroxylation is 2. The molecule has 0 bridgehead atoms. The Balaban J connectivity index is 0.00000400. The van der Waals surface area contributed by atoms with Gasteiger partial charge in [-0.2, -0.15) is 0 Å². The smallest absolute Gasteiger partial charge is 0.214 e. The molecule has 1 rings (SSSR count). The summed E-state index contributed by atoms with van der Waals surface area (Å²) < 4.78 is 5.54. The average Bonchev–Trinajstić information content (AvgIpc) is 2.74. The van der Waals surface area contributed by atoms with Crippen LogP contribution in [0, 0.1) is 13.8 Å². The average molecular weight is 408 g/mol. The molecule has 0 aliphatic carbocycles. The Morgan fingerprint density at radius 3 is 2.57 bits per heavy atom. The number of oxazole rings is 1. The molecule has 0 saturated carbocycles. The predicted molar refractivity (Wildman–Crippen MR) is 98.3 cm³/mol. The first-order valence-corrected chi connectivity index (χ1v) is 7.46. The van der Waals surface area contributed by atoms with Crippen molar-refractivity contribution in [2.45, 2.75) is 66.0 Å². The van der Waals surface area contributed by atoms with E-state index in [1.54, 1.807) is 7.05 Å². The fourth-order valence-corrected chi connectivity index (χ4v) is 1.97. The van der Waals surface area contributed by atoms with Crippen LogP contribution in [0.2, 0.25) is 0 Å². The van der Waals surface area contributed by atoms with Gasteiger partial charge >= 0.3 is 0 Å². The van der Waals surface area contributed by atoms with Crippen LogP contribution in [0.15, 0.2) is 9.41 Å². The second kappa shape index (κ2) is 10.9. The zero-order valence-electron chi connectivity index (χ0n) is 13.8. The standard InChI is InChI=1S/C15H28N4O.HI/c1-6-7-8-9-11(2)18-15(16-5)17-10-14-19-12(3)13(4)20-14;/h11H,6-10H2,1-5H3,(H2,16,17,18);1H. The molecule has 5 nitrogen and oxygen atoms in total. The van der Waals surface area contributed by atoms with Crippen molar-refractivity contribution in [3.8, 4) is 0 Å². The number of aliphatic imine (C=N–C) groups is 1. The number of nitrogens with zero attached hydrogens (tertiary/aromatic N) is 2. The summed E-state index contributed by atoms with van der Waals surface area (Å²) in [5, 5.41) is 6.62. The lowest BCUT2D eigenvalue weighted by molar-refractivity contribution is 0.462. The van der Waals surface area contributed by atoms with Crippen LogP contribution in [0.3, 0.4) is 0 Å². The highest BCUT2D eigenvalue weighted by atomic mass is 127. The summed E-state index contributed by atoms with van der Waals surface area (Å²) >= 11 is 0. The third kappa shape index (κ3) is 7.68. The van der Waals surface area contributed by atoms with Crippen molar-refractivity contribution in [2.75, 3.05) is 7.05 Å². The summed E-state index contributed by atoms with van der Waals surface area (Å²) in [7, 11) is 1.78. The maximum Gasteiger partial charge on any atom is 0.214 e. The first-order chi connectivity index (χ1) is 9.56. The molecular weight excluding hydrogens is 379 g/mol. The number of nitrogens with one attached hydrogen (secondary N) is 2. The summed E-state index contributed by atoms with van der Waals surface area (Å²) in [6.07, 6.45) is 4.95. The van der Waals surface area contributed by atoms with Crippen LogP contribution in [-0.4, -0.2) is 24.0 Å². The Labute approximate surface area is 145 Å². The Bertz CT molecular complexity index is 412. The molecule has 122 valence electrons. The molecule has 0 amide bonds. The molecule has 1 unspecified atom stereocenters. The minimum atomic E-state index is 0. The first-order valence-electron chi connectivity index (χ1n) is 7.46. The van der Waals surface area contributed by atoms with Gasteiger partial charge in [0, 0.05) is 13.1 Å². The molecule has 0 aromatic carbocycles. The molecular formula is C15H29IN4O. The van der Waals surface area contributed by atoms with E-state index in [-0.39, 0.29) is 24.0 Å². The lowest BCUT2D eigenvalue weighted by Gasteiger charge is -2.17. The molecule has 1 aromatic heterocycles. The van der Waals surface area contributed by atoms with Crippen LogP contribution >= 0.6 is 24.0 Å². The second-order valence-electron chi connectivity index (χ2n) is 5.22. The lowest BCUT2D eigenvalue weighted by Crippen LogP contribution is -2.41. The van der Waals surface area contributed by atoms with Crippen molar-refractivity contribution < 1.29 is 4.42 Å². The summed E-state index contributed by atoms with van der Waals surface area (Å²) in [6, 6.07) is 0.417. The predicted octanol–water partition coefficient (Wildman–Crippen LogP) is 3.54. The van der Waals surface area contributed by atoms with E-state index < -0.39 is 0 Å². The SMILES string of the molecule is CCCCCC(C)NC(=NC)NCc1nc(C)c(C)o1.I. The Kier molecular flexibility index (Phi) is 10.5. The van der Waals surface area contributed by atoms with Crippen molar-refractivity contribution in [3.05, 3.63) is 17.3 Å². The van der Waals surface area contributed by atoms with E-state index in [0.29, 0.717) is 18.5 Å². The maximum absolute atomic E-state index is 5.54. The van der Waals surface area contributed by atoms with Gasteiger partial charge in [0.25, 0.3) is 0 Å². The quantitative estimate of drug-likeness (QED) is 0.314. The minimum absolute atomic E-state index is 0. The lowest BCUT2D eigenvalue weighted by atomic mass is 10.1. The number of hydrogen-bond acceptors (Lipinski definition) is 3. The minimum Gasteiger partial charge on any atom is -0.444 e. The summed E-state index contributed by atoms with van der Waals surface area (Å²) in [5.74, 6) is 2.36. The van der Waals surface area contributed by atoms with Gasteiger partial charge < -0.3 is 15.1 Å². The molecule has 0 aliphatic rings. The summed E-state index contributed by atoms with van der Waals surface area (Å²) in [4.78, 5) is 8.57. The van der Waals surface area contributed by atoms with Crippen LogP contribution < -0.4 is 10.6 Å². The van der Waals surface area contributed by atoms with E-state index >= 15 is 0 Å². The molecule has 0 aliphatic heterocycles. The number of rotatable bonds is 7. The highest BCUT2D eigenvalue weighted by Gasteiger charge is 2.08. The van der Waals surface area contributed by atoms with Crippen molar-refractivity contribution in [2.24, 2.45) is 4.99 Å². The van der Waals surface area contributed by atoms with E-state index in [0.717, 1.165) is 23.8 Å². The van der Waals surface area contributed by atoms with E-state index in [1.165, 1.54) is 19.3 Å². The molecule has 1 aromatic rings. The molecule has 2 N–H and O–H groups in total. The van der Waals surface area contributed by atoms with E-state index in [4.69, 9.17) is 4.42 Å². The highest BCUT2D eigenvalue weighted by molar-refractivity contribution is 14.0. The van der Waals surface area contributed by atoms with Gasteiger partial charge in [0.2, 0.25) is 5.89 Å². The van der Waals surface area contributed by atoms with E-state index in [1.807, 2.05) is 13.8 Å². The van der Waals surface area contributed by atoms with Gasteiger partial charge in [0.1, 0.15) is 5.76 Å². The number of guanidine groups is 1. The molecule has 0 saturated heterocycles. The fraction of sp³-hybridized carbons (Fsp3) is 0.733. The van der Waals surface area contributed by atoms with Crippen molar-refractivity contribution in [1.29, 1.82) is 0 Å². The van der Waals surface area contributed by atoms with Gasteiger partial charge in [-0.1, -0.05) is 26.2 Å². The molecule has 0 radical (unpaired) electrons. The second-order valence-corrected chi connectivity index (χ2v) is 5.22. The van der Waals surface area contributed by atoms with Gasteiger partial charge in [0.15, 0.2) is 5.96 Å². The summed E-state index contributed by atoms with van der Waals surface area (Å²) in [5.41, 5.74) is 0.942. The van der Waals surface area contributed by atoms with Gasteiger partial charge in [-0.25, -0.2) is 4.98 Å². The zero-order chi connectivity index (χ0) is 15.0. The molecule has 6 heteroatoms. The summed E-state index contributed by atoms with van der Waals surface area (Å²) in [6.45, 7) is 8.83. The largest absolute Gasteiger partial charge is 0.444 e. The Morgan fingerprint density at radius 2 is 2.05 bits per heavy atom. The van der Waals surface area contributed by atoms with Crippen molar-refractivity contribution in [3.63, 3.8) is 0 Å². The van der Waals surface area contributed by atoms with Crippen LogP contribution in [0.1, 0.15) is 56.9 Å². The number of unbranched alkanes of at least 4 members (excludes halogenated alkanes) is 2. The third-order valence-electron chi connectivity index (χ3n) is 3.33. The van der Waals surface area contributed by atoms with Crippen molar-refractivity contribution >= 4 is 29.9 Å². The highest BCUT2D eigenvalue weighted by Crippen LogP contribution is 2.07. The van der Waals surface area contributed by atoms with Crippen LogP contribution in [0.25, 0.3) is 0 Å². The zero-order valence-corrected chi connectivity index (χ0v) is 16.2. The Morgan fingerprint density at radius 1 is 1.33 bits per heavy atom. The van der Waals surface area contributed by atoms with E-state index in [2.05, 4.69) is 34.5 Å². The van der Waals surface area contributed by atoms with Gasteiger partial charge in [-0.15, -0.1) is 24.0 Å². The van der Waals surface area contributed by atoms with Gasteiger partial charge in [0.05, 0.1) is 12.2 Å². The Hall–Kier alpha value is -0.790. The topological polar surface area (TPSA) is 62.5 Å². The fourth-order valence-electron chi connectivity index (χ4n) is 1.97. The molecule has 21 heavy (non-hydrogen) atoms. The normalized spacial score (nSPS) is 12.7. The molecule has 1 heterocycles. The van der Waals surface area contributed by atoms with E-state index in [9.17, 15) is 0 Å². The molecule has 1 atom stereocenters. The van der Waals surface area contributed by atoms with Crippen molar-refractivity contribution in [1.82, 2.24) is 15.6 Å². The monoisotopic (exact) mass is 408 g/mol. The first kappa shape index (κ1) is 20.2. The van der Waals surface area contributed by atoms with Crippen LogP contribution in [-0.2, 0) is 6.54 Å². The van der Waals surface area contributed by atoms with Gasteiger partial charge in [-0.05, 0) is 27.2 Å². The van der Waals surface area contributed by atoms with Crippen LogP contribution in [0.5, 0.6) is 0 Å². The maximum atomic E-state index is 5.54. The number of aromatic nitrogens is 1. The number of hydrogen-bond donors (Lipinski definition) is 2. The third-order valence-corrected chi connectivity index (χ3v) is 3.33. The van der Waals surface area contributed by atoms with Crippen LogP contribution in [0.4, 0.5) is 0 Å². The van der Waals surface area contributed by atoms with Gasteiger partial charge in [-0.3, -0.25) is 4.99 Å². The molecule has 0 spiro atoms. The number of halogens is 1. The molecule has 0 fully saturated rings.